The maximum atomic E-state index is 12.9. The molecule has 0 radical (unpaired) electrons. The Morgan fingerprint density at radius 1 is 1.15 bits per heavy atom. The molecule has 0 spiro atoms. The van der Waals surface area contributed by atoms with Gasteiger partial charge in [0, 0.05) is 25.1 Å². The number of rotatable bonds is 7. The van der Waals surface area contributed by atoms with Gasteiger partial charge in [-0.1, -0.05) is 35.5 Å². The first kappa shape index (κ1) is 22.9. The Morgan fingerprint density at radius 3 is 2.48 bits per heavy atom. The summed E-state index contributed by atoms with van der Waals surface area (Å²) in [5, 5.41) is 6.60. The molecule has 10 heteroatoms. The van der Waals surface area contributed by atoms with Crippen LogP contribution in [0.5, 0.6) is 5.88 Å². The van der Waals surface area contributed by atoms with Gasteiger partial charge in [-0.2, -0.15) is 4.31 Å². The average molecular weight is 471 g/mol. The molecule has 174 valence electrons. The monoisotopic (exact) mass is 470 g/mol. The minimum Gasteiger partial charge on any atom is -0.473 e. The van der Waals surface area contributed by atoms with E-state index < -0.39 is 10.0 Å². The number of aryl methyl sites for hydroxylation is 2. The zero-order valence-electron chi connectivity index (χ0n) is 18.5. The summed E-state index contributed by atoms with van der Waals surface area (Å²) in [6, 6.07) is 13.2. The fraction of sp³-hybridized carbons (Fsp3) is 0.348. The molecular formula is C23H26N4O5S. The highest BCUT2D eigenvalue weighted by molar-refractivity contribution is 7.89. The lowest BCUT2D eigenvalue weighted by atomic mass is 9.97. The summed E-state index contributed by atoms with van der Waals surface area (Å²) in [6.45, 7) is 4.12. The largest absolute Gasteiger partial charge is 0.473 e. The molecule has 0 atom stereocenters. The molecule has 33 heavy (non-hydrogen) atoms. The molecule has 1 amide bonds. The van der Waals surface area contributed by atoms with Gasteiger partial charge in [0.1, 0.15) is 17.2 Å². The van der Waals surface area contributed by atoms with Crippen molar-refractivity contribution in [1.29, 1.82) is 0 Å². The van der Waals surface area contributed by atoms with Crippen LogP contribution in [0, 0.1) is 19.8 Å². The Kier molecular flexibility index (Phi) is 6.75. The third kappa shape index (κ3) is 5.23. The topological polar surface area (TPSA) is 115 Å². The summed E-state index contributed by atoms with van der Waals surface area (Å²) in [6.07, 6.45) is 2.41. The Bertz CT molecular complexity index is 1180. The SMILES string of the molecule is Cc1noc(C)c1S(=O)(=O)N1CCC(C(=O)Nc2ccc(OCc3ccccc3)nc2)CC1. The van der Waals surface area contributed by atoms with Gasteiger partial charge in [-0.05, 0) is 38.3 Å². The first-order valence-electron chi connectivity index (χ1n) is 10.7. The second-order valence-electron chi connectivity index (χ2n) is 7.98. The van der Waals surface area contributed by atoms with Crippen molar-refractivity contribution in [2.45, 2.75) is 38.2 Å². The fourth-order valence-corrected chi connectivity index (χ4v) is 5.61. The number of benzene rings is 1. The van der Waals surface area contributed by atoms with Crippen molar-refractivity contribution in [3.8, 4) is 5.88 Å². The van der Waals surface area contributed by atoms with Crippen LogP contribution in [-0.2, 0) is 21.4 Å². The summed E-state index contributed by atoms with van der Waals surface area (Å²) in [5.74, 6) is 0.310. The van der Waals surface area contributed by atoms with Gasteiger partial charge in [0.25, 0.3) is 0 Å². The van der Waals surface area contributed by atoms with Crippen molar-refractivity contribution in [1.82, 2.24) is 14.4 Å². The molecule has 1 N–H and O–H groups in total. The van der Waals surface area contributed by atoms with Gasteiger partial charge in [-0.3, -0.25) is 4.79 Å². The first-order chi connectivity index (χ1) is 15.8. The lowest BCUT2D eigenvalue weighted by Crippen LogP contribution is -2.41. The van der Waals surface area contributed by atoms with Gasteiger partial charge in [0.2, 0.25) is 21.8 Å². The molecule has 4 rings (SSSR count). The van der Waals surface area contributed by atoms with Gasteiger partial charge in [0.05, 0.1) is 11.9 Å². The van der Waals surface area contributed by atoms with E-state index in [1.165, 1.54) is 4.31 Å². The number of piperidine rings is 1. The van der Waals surface area contributed by atoms with E-state index in [-0.39, 0.29) is 35.6 Å². The summed E-state index contributed by atoms with van der Waals surface area (Å²) in [4.78, 5) is 17.1. The lowest BCUT2D eigenvalue weighted by molar-refractivity contribution is -0.120. The molecule has 9 nitrogen and oxygen atoms in total. The number of sulfonamides is 1. The molecule has 1 saturated heterocycles. The molecule has 0 saturated carbocycles. The number of anilines is 1. The standard InChI is InChI=1S/C23H26N4O5S/c1-16-22(17(2)32-26-16)33(29,30)27-12-10-19(11-13-27)23(28)25-20-8-9-21(24-14-20)31-15-18-6-4-3-5-7-18/h3-9,14,19H,10-13,15H2,1-2H3,(H,25,28). The van der Waals surface area contributed by atoms with E-state index >= 15 is 0 Å². The van der Waals surface area contributed by atoms with Gasteiger partial charge in [0.15, 0.2) is 5.76 Å². The number of nitrogens with one attached hydrogen (secondary N) is 1. The summed E-state index contributed by atoms with van der Waals surface area (Å²) in [5.41, 5.74) is 1.95. The van der Waals surface area contributed by atoms with Crippen LogP contribution in [0.15, 0.2) is 58.1 Å². The van der Waals surface area contributed by atoms with Crippen LogP contribution in [0.2, 0.25) is 0 Å². The molecule has 1 aliphatic heterocycles. The highest BCUT2D eigenvalue weighted by Gasteiger charge is 2.35. The molecule has 0 aliphatic carbocycles. The van der Waals surface area contributed by atoms with Crippen molar-refractivity contribution >= 4 is 21.6 Å². The molecule has 1 aromatic carbocycles. The number of pyridine rings is 1. The molecule has 3 heterocycles. The first-order valence-corrected chi connectivity index (χ1v) is 12.2. The number of amides is 1. The predicted octanol–water partition coefficient (Wildman–Crippen LogP) is 3.30. The zero-order valence-corrected chi connectivity index (χ0v) is 19.3. The summed E-state index contributed by atoms with van der Waals surface area (Å²) >= 11 is 0. The Morgan fingerprint density at radius 2 is 1.88 bits per heavy atom. The minimum atomic E-state index is -3.70. The number of aromatic nitrogens is 2. The van der Waals surface area contributed by atoms with Gasteiger partial charge >= 0.3 is 0 Å². The molecular weight excluding hydrogens is 444 g/mol. The number of carbonyl (C=O) groups excluding carboxylic acids is 1. The lowest BCUT2D eigenvalue weighted by Gasteiger charge is -2.30. The van der Waals surface area contributed by atoms with E-state index in [2.05, 4.69) is 15.5 Å². The van der Waals surface area contributed by atoms with Crippen LogP contribution < -0.4 is 10.1 Å². The van der Waals surface area contributed by atoms with Gasteiger partial charge in [-0.25, -0.2) is 13.4 Å². The molecule has 1 aliphatic rings. The van der Waals surface area contributed by atoms with E-state index in [1.54, 1.807) is 32.2 Å². The van der Waals surface area contributed by atoms with Crippen LogP contribution in [0.25, 0.3) is 0 Å². The van der Waals surface area contributed by atoms with E-state index in [4.69, 9.17) is 9.26 Å². The predicted molar refractivity (Wildman–Crippen MR) is 121 cm³/mol. The van der Waals surface area contributed by atoms with Crippen LogP contribution in [0.4, 0.5) is 5.69 Å². The Hall–Kier alpha value is -3.24. The fourth-order valence-electron chi connectivity index (χ4n) is 3.85. The zero-order chi connectivity index (χ0) is 23.4. The molecule has 2 aromatic heterocycles. The molecule has 0 unspecified atom stereocenters. The van der Waals surface area contributed by atoms with E-state index in [1.807, 2.05) is 30.3 Å². The van der Waals surface area contributed by atoms with E-state index in [0.717, 1.165) is 5.56 Å². The molecule has 3 aromatic rings. The highest BCUT2D eigenvalue weighted by Crippen LogP contribution is 2.28. The molecule has 0 bridgehead atoms. The van der Waals surface area contributed by atoms with Crippen molar-refractivity contribution in [2.24, 2.45) is 5.92 Å². The third-order valence-electron chi connectivity index (χ3n) is 5.62. The maximum absolute atomic E-state index is 12.9. The van der Waals surface area contributed by atoms with Gasteiger partial charge in [-0.15, -0.1) is 0 Å². The third-order valence-corrected chi connectivity index (χ3v) is 7.77. The summed E-state index contributed by atoms with van der Waals surface area (Å²) in [7, 11) is -3.70. The van der Waals surface area contributed by atoms with Crippen LogP contribution in [0.1, 0.15) is 29.9 Å². The smallest absolute Gasteiger partial charge is 0.248 e. The van der Waals surface area contributed by atoms with E-state index in [0.29, 0.717) is 36.7 Å². The average Bonchev–Trinajstić information content (AvgIpc) is 3.18. The number of ether oxygens (including phenoxy) is 1. The normalized spacial score (nSPS) is 15.3. The number of nitrogens with zero attached hydrogens (tertiary/aromatic N) is 3. The van der Waals surface area contributed by atoms with Crippen LogP contribution in [0.3, 0.4) is 0 Å². The number of carbonyl (C=O) groups is 1. The number of hydrogen-bond acceptors (Lipinski definition) is 7. The minimum absolute atomic E-state index is 0.117. The Balaban J connectivity index is 1.29. The van der Waals surface area contributed by atoms with Crippen LogP contribution >= 0.6 is 0 Å². The van der Waals surface area contributed by atoms with Crippen molar-refractivity contribution in [3.63, 3.8) is 0 Å². The van der Waals surface area contributed by atoms with Crippen LogP contribution in [-0.4, -0.2) is 41.9 Å². The van der Waals surface area contributed by atoms with Gasteiger partial charge < -0.3 is 14.6 Å². The van der Waals surface area contributed by atoms with Crippen molar-refractivity contribution in [3.05, 3.63) is 65.7 Å². The Labute approximate surface area is 192 Å². The van der Waals surface area contributed by atoms with Crippen molar-refractivity contribution < 1.29 is 22.5 Å². The maximum Gasteiger partial charge on any atom is 0.248 e. The second-order valence-corrected chi connectivity index (χ2v) is 9.86. The second kappa shape index (κ2) is 9.72. The molecule has 1 fully saturated rings. The summed E-state index contributed by atoms with van der Waals surface area (Å²) < 4.78 is 37.9. The highest BCUT2D eigenvalue weighted by atomic mass is 32.2. The van der Waals surface area contributed by atoms with Crippen molar-refractivity contribution in [2.75, 3.05) is 18.4 Å². The quantitative estimate of drug-likeness (QED) is 0.563. The van der Waals surface area contributed by atoms with E-state index in [9.17, 15) is 13.2 Å². The number of hydrogen-bond donors (Lipinski definition) is 1.